The van der Waals surface area contributed by atoms with Crippen LogP contribution in [0.15, 0.2) is 83.8 Å². The summed E-state index contributed by atoms with van der Waals surface area (Å²) in [7, 11) is 3.23. The topological polar surface area (TPSA) is 40.5 Å². The highest BCUT2D eigenvalue weighted by atomic mass is 35.5. The lowest BCUT2D eigenvalue weighted by Crippen LogP contribution is -2.11. The minimum Gasteiger partial charge on any atom is -0.497 e. The van der Waals surface area contributed by atoms with Crippen molar-refractivity contribution in [1.29, 1.82) is 0 Å². The quantitative estimate of drug-likeness (QED) is 0.147. The van der Waals surface area contributed by atoms with Crippen LogP contribution in [0.25, 0.3) is 16.9 Å². The smallest absolute Gasteiger partial charge is 0.197 e. The predicted octanol–water partition coefficient (Wildman–Crippen LogP) is 7.50. The molecule has 0 saturated carbocycles. The molecule has 34 heavy (non-hydrogen) atoms. The predicted molar refractivity (Wildman–Crippen MR) is 142 cm³/mol. The first-order valence-corrected chi connectivity index (χ1v) is 12.4. The van der Waals surface area contributed by atoms with Gasteiger partial charge in [0.25, 0.3) is 0 Å². The van der Waals surface area contributed by atoms with Crippen LogP contribution in [0.5, 0.6) is 11.5 Å². The fraction of sp³-hybridized carbons (Fsp3) is 0.111. The molecule has 0 bridgehead atoms. The van der Waals surface area contributed by atoms with E-state index in [4.69, 9.17) is 33.3 Å². The third-order valence-electron chi connectivity index (χ3n) is 5.44. The molecule has 0 spiro atoms. The van der Waals surface area contributed by atoms with E-state index in [9.17, 15) is 4.79 Å². The lowest BCUT2D eigenvalue weighted by atomic mass is 10.0. The average molecular weight is 508 g/mol. The summed E-state index contributed by atoms with van der Waals surface area (Å²) >= 11 is 13.6. The number of ketones is 1. The zero-order valence-electron chi connectivity index (χ0n) is 18.9. The molecule has 0 unspecified atom stereocenters. The van der Waals surface area contributed by atoms with Gasteiger partial charge in [-0.1, -0.05) is 23.8 Å². The van der Waals surface area contributed by atoms with E-state index >= 15 is 0 Å². The molecule has 7 heteroatoms. The highest BCUT2D eigenvalue weighted by molar-refractivity contribution is 7.98. The molecule has 0 amide bonds. The Morgan fingerprint density at radius 1 is 0.882 bits per heavy atom. The molecule has 0 fully saturated rings. The summed E-state index contributed by atoms with van der Waals surface area (Å²) in [6.45, 7) is 0. The van der Waals surface area contributed by atoms with Gasteiger partial charge in [-0.2, -0.15) is 0 Å². The van der Waals surface area contributed by atoms with Crippen molar-refractivity contribution < 1.29 is 14.3 Å². The molecule has 0 aliphatic rings. The van der Waals surface area contributed by atoms with Gasteiger partial charge in [0.1, 0.15) is 16.1 Å². The molecule has 0 atom stereocenters. The summed E-state index contributed by atoms with van der Waals surface area (Å²) in [5.41, 5.74) is 3.66. The van der Waals surface area contributed by atoms with E-state index in [0.717, 1.165) is 27.6 Å². The van der Waals surface area contributed by atoms with Crippen LogP contribution in [-0.2, 0) is 0 Å². The molecule has 4 rings (SSSR count). The number of hydrogen-bond acceptors (Lipinski definition) is 5. The van der Waals surface area contributed by atoms with Gasteiger partial charge in [0.15, 0.2) is 5.78 Å². The molecule has 0 N–H and O–H groups in total. The van der Waals surface area contributed by atoms with E-state index in [2.05, 4.69) is 0 Å². The summed E-state index contributed by atoms with van der Waals surface area (Å²) in [6.07, 6.45) is 1.94. The van der Waals surface area contributed by atoms with Crippen LogP contribution in [0.3, 0.4) is 0 Å². The largest absolute Gasteiger partial charge is 0.497 e. The molecule has 4 nitrogen and oxygen atoms in total. The summed E-state index contributed by atoms with van der Waals surface area (Å²) in [6, 6.07) is 24.2. The van der Waals surface area contributed by atoms with Crippen LogP contribution in [0.4, 0.5) is 0 Å². The maximum atomic E-state index is 13.6. The second kappa shape index (κ2) is 10.5. The maximum Gasteiger partial charge on any atom is 0.197 e. The Balaban J connectivity index is 1.97. The number of carbonyl (C=O) groups is 1. The van der Waals surface area contributed by atoms with E-state index in [1.54, 1.807) is 38.5 Å². The van der Waals surface area contributed by atoms with Crippen molar-refractivity contribution in [3.63, 3.8) is 0 Å². The number of halogens is 1. The van der Waals surface area contributed by atoms with Crippen LogP contribution >= 0.6 is 35.6 Å². The summed E-state index contributed by atoms with van der Waals surface area (Å²) in [5.74, 6) is 1.31. The molecule has 0 radical (unpaired) electrons. The first-order chi connectivity index (χ1) is 16.5. The Labute approximate surface area is 213 Å². The number of methoxy groups -OCH3 is 2. The van der Waals surface area contributed by atoms with Crippen LogP contribution in [-0.4, -0.2) is 30.8 Å². The zero-order valence-corrected chi connectivity index (χ0v) is 21.3. The Kier molecular flexibility index (Phi) is 7.41. The van der Waals surface area contributed by atoms with Gasteiger partial charge in [0.05, 0.1) is 25.5 Å². The van der Waals surface area contributed by atoms with E-state index in [1.807, 2.05) is 65.4 Å². The fourth-order valence-electron chi connectivity index (χ4n) is 3.66. The summed E-state index contributed by atoms with van der Waals surface area (Å²) < 4.78 is 12.9. The molecular weight excluding hydrogens is 486 g/mol. The molecule has 172 valence electrons. The van der Waals surface area contributed by atoms with Crippen LogP contribution in [0.2, 0.25) is 5.02 Å². The molecule has 3 aromatic carbocycles. The van der Waals surface area contributed by atoms with Gasteiger partial charge in [-0.3, -0.25) is 9.36 Å². The molecule has 4 aromatic rings. The van der Waals surface area contributed by atoms with Crippen molar-refractivity contribution in [3.05, 3.63) is 99.7 Å². The molecule has 0 aliphatic carbocycles. The highest BCUT2D eigenvalue weighted by Crippen LogP contribution is 2.34. The van der Waals surface area contributed by atoms with Crippen molar-refractivity contribution in [2.45, 2.75) is 4.90 Å². The lowest BCUT2D eigenvalue weighted by Gasteiger charge is -2.19. The standard InChI is InChI=1S/C27H22ClNO3S2/c1-31-21-12-4-17(5-13-21)23-16-24(34-3)25(26(30)18-6-14-22(32-2)15-7-18)27(33)29(23)20-10-8-19(28)9-11-20/h4-16H,1-3H3. The zero-order chi connectivity index (χ0) is 24.2. The molecule has 0 aliphatic heterocycles. The Bertz CT molecular complexity index is 1380. The number of aromatic nitrogens is 1. The van der Waals surface area contributed by atoms with Gasteiger partial charge in [-0.05, 0) is 90.7 Å². The molecular formula is C27H22ClNO3S2. The Morgan fingerprint density at radius 3 is 1.97 bits per heavy atom. The normalized spacial score (nSPS) is 10.7. The SMILES string of the molecule is COc1ccc(C(=O)c2c(SC)cc(-c3ccc(OC)cc3)n(-c3ccc(Cl)cc3)c2=S)cc1. The first-order valence-electron chi connectivity index (χ1n) is 10.4. The third kappa shape index (κ3) is 4.75. The third-order valence-corrected chi connectivity index (χ3v) is 6.84. The van der Waals surface area contributed by atoms with Crippen molar-refractivity contribution in [1.82, 2.24) is 4.57 Å². The minimum absolute atomic E-state index is 0.138. The van der Waals surface area contributed by atoms with Crippen LogP contribution in [0.1, 0.15) is 15.9 Å². The Hall–Kier alpha value is -3.06. The van der Waals surface area contributed by atoms with Gasteiger partial charge in [0.2, 0.25) is 0 Å². The second-order valence-corrected chi connectivity index (χ2v) is 9.05. The number of ether oxygens (including phenoxy) is 2. The first kappa shape index (κ1) is 24.1. The van der Waals surface area contributed by atoms with Gasteiger partial charge < -0.3 is 9.47 Å². The van der Waals surface area contributed by atoms with Crippen LogP contribution in [0, 0.1) is 4.64 Å². The number of thioether (sulfide) groups is 1. The van der Waals surface area contributed by atoms with Crippen molar-refractivity contribution in [3.8, 4) is 28.4 Å². The number of carbonyl (C=O) groups excluding carboxylic acids is 1. The number of nitrogens with zero attached hydrogens (tertiary/aromatic N) is 1. The van der Waals surface area contributed by atoms with Gasteiger partial charge in [-0.15, -0.1) is 11.8 Å². The van der Waals surface area contributed by atoms with Crippen molar-refractivity contribution in [2.75, 3.05) is 20.5 Å². The second-order valence-electron chi connectivity index (χ2n) is 7.38. The number of rotatable bonds is 7. The minimum atomic E-state index is -0.138. The van der Waals surface area contributed by atoms with E-state index in [-0.39, 0.29) is 5.78 Å². The molecule has 1 heterocycles. The molecule has 1 aromatic heterocycles. The maximum absolute atomic E-state index is 13.6. The fourth-order valence-corrected chi connectivity index (χ4v) is 4.88. The summed E-state index contributed by atoms with van der Waals surface area (Å²) in [5, 5.41) is 0.622. The van der Waals surface area contributed by atoms with E-state index in [1.165, 1.54) is 11.8 Å². The van der Waals surface area contributed by atoms with Crippen molar-refractivity contribution in [2.24, 2.45) is 0 Å². The summed E-state index contributed by atoms with van der Waals surface area (Å²) in [4.78, 5) is 14.5. The average Bonchev–Trinajstić information content (AvgIpc) is 2.88. The monoisotopic (exact) mass is 507 g/mol. The van der Waals surface area contributed by atoms with Crippen LogP contribution < -0.4 is 9.47 Å². The van der Waals surface area contributed by atoms with Gasteiger partial charge in [-0.25, -0.2) is 0 Å². The van der Waals surface area contributed by atoms with Gasteiger partial charge >= 0.3 is 0 Å². The highest BCUT2D eigenvalue weighted by Gasteiger charge is 2.21. The van der Waals surface area contributed by atoms with Gasteiger partial charge in [0, 0.05) is 21.2 Å². The number of benzene rings is 3. The molecule has 0 saturated heterocycles. The lowest BCUT2D eigenvalue weighted by molar-refractivity contribution is 0.103. The number of pyridine rings is 1. The van der Waals surface area contributed by atoms with E-state index < -0.39 is 0 Å². The van der Waals surface area contributed by atoms with Crippen molar-refractivity contribution >= 4 is 41.4 Å². The van der Waals surface area contributed by atoms with E-state index in [0.29, 0.717) is 26.5 Å². The Morgan fingerprint density at radius 2 is 1.44 bits per heavy atom. The number of hydrogen-bond donors (Lipinski definition) is 0.